The Labute approximate surface area is 345 Å². The number of allylic oxidation sites excluding steroid dienone is 14. The highest BCUT2D eigenvalue weighted by Gasteiger charge is 2.74. The van der Waals surface area contributed by atoms with Crippen molar-refractivity contribution >= 4 is 11.9 Å². The van der Waals surface area contributed by atoms with Gasteiger partial charge in [-0.2, -0.15) is 0 Å². The predicted octanol–water partition coefficient (Wildman–Crippen LogP) is 11.3. The number of aliphatic hydroxyl groups excluding tert-OH is 1. The second-order valence-corrected chi connectivity index (χ2v) is 18.6. The maximum atomic E-state index is 12.6. The number of epoxide rings is 1. The van der Waals surface area contributed by atoms with E-state index < -0.39 is 16.8 Å². The second-order valence-electron chi connectivity index (χ2n) is 18.6. The van der Waals surface area contributed by atoms with Gasteiger partial charge in [-0.05, 0) is 70.9 Å². The third kappa shape index (κ3) is 14.4. The number of ether oxygens (including phenoxy) is 3. The van der Waals surface area contributed by atoms with Crippen LogP contribution in [0.2, 0.25) is 0 Å². The summed E-state index contributed by atoms with van der Waals surface area (Å²) >= 11 is 0. The molecule has 0 aromatic rings. The maximum Gasteiger partial charge on any atom is 0.306 e. The molecule has 1 saturated heterocycles. The fraction of sp³-hybridized carbons (Fsp3) is 0.600. The molecular weight excluding hydrogens is 713 g/mol. The van der Waals surface area contributed by atoms with Gasteiger partial charge in [0.2, 0.25) is 0 Å². The molecule has 57 heavy (non-hydrogen) atoms. The summed E-state index contributed by atoms with van der Waals surface area (Å²) < 4.78 is 17.5. The minimum Gasteiger partial charge on any atom is -0.462 e. The summed E-state index contributed by atoms with van der Waals surface area (Å²) in [5, 5.41) is 21.7. The first kappa shape index (κ1) is 47.9. The molecule has 3 fully saturated rings. The molecule has 0 bridgehead atoms. The normalized spacial score (nSPS) is 30.9. The molecule has 1 heterocycles. The summed E-state index contributed by atoms with van der Waals surface area (Å²) in [6, 6.07) is 0. The van der Waals surface area contributed by atoms with Crippen molar-refractivity contribution in [3.05, 3.63) is 107 Å². The van der Waals surface area contributed by atoms with Crippen LogP contribution >= 0.6 is 0 Å². The lowest BCUT2D eigenvalue weighted by atomic mass is 9.61. The van der Waals surface area contributed by atoms with Crippen molar-refractivity contribution in [2.75, 3.05) is 6.61 Å². The van der Waals surface area contributed by atoms with Gasteiger partial charge < -0.3 is 24.4 Å². The number of fused-ring (bicyclic) bond motifs is 1. The van der Waals surface area contributed by atoms with Gasteiger partial charge in [0.15, 0.2) is 0 Å². The molecule has 0 radical (unpaired) electrons. The zero-order valence-electron chi connectivity index (χ0n) is 37.0. The Morgan fingerprint density at radius 2 is 1.33 bits per heavy atom. The minimum atomic E-state index is -0.976. The summed E-state index contributed by atoms with van der Waals surface area (Å²) in [6.07, 6.45) is 36.2. The molecule has 7 nitrogen and oxygen atoms in total. The molecule has 0 aromatic carbocycles. The Morgan fingerprint density at radius 1 is 0.737 bits per heavy atom. The van der Waals surface area contributed by atoms with Crippen molar-refractivity contribution in [1.29, 1.82) is 0 Å². The van der Waals surface area contributed by atoms with E-state index in [9.17, 15) is 19.8 Å². The number of esters is 2. The third-order valence-electron chi connectivity index (χ3n) is 11.9. The van der Waals surface area contributed by atoms with E-state index >= 15 is 0 Å². The number of aliphatic hydroxyl groups is 2. The lowest BCUT2D eigenvalue weighted by Crippen LogP contribution is -2.51. The van der Waals surface area contributed by atoms with E-state index in [0.29, 0.717) is 32.1 Å². The number of carbonyl (C=O) groups is 2. The first-order valence-electron chi connectivity index (χ1n) is 21.2. The molecule has 2 aliphatic carbocycles. The molecule has 1 unspecified atom stereocenters. The molecule has 7 heteroatoms. The summed E-state index contributed by atoms with van der Waals surface area (Å²) in [5.74, 6) is -0.552. The summed E-state index contributed by atoms with van der Waals surface area (Å²) in [4.78, 5) is 24.1. The quantitative estimate of drug-likeness (QED) is 0.0581. The van der Waals surface area contributed by atoms with Crippen molar-refractivity contribution in [1.82, 2.24) is 0 Å². The van der Waals surface area contributed by atoms with Crippen LogP contribution in [0.25, 0.3) is 0 Å². The fourth-order valence-corrected chi connectivity index (χ4v) is 9.07. The van der Waals surface area contributed by atoms with Crippen LogP contribution in [0.1, 0.15) is 140 Å². The molecule has 6 atom stereocenters. The van der Waals surface area contributed by atoms with Crippen LogP contribution in [0.3, 0.4) is 0 Å². The topological polar surface area (TPSA) is 106 Å². The predicted molar refractivity (Wildman–Crippen MR) is 233 cm³/mol. The van der Waals surface area contributed by atoms with Crippen molar-refractivity contribution in [3.63, 3.8) is 0 Å². The Balaban J connectivity index is 1.61. The van der Waals surface area contributed by atoms with Crippen LogP contribution < -0.4 is 0 Å². The minimum absolute atomic E-state index is 0.0731. The van der Waals surface area contributed by atoms with Crippen LogP contribution in [0.4, 0.5) is 0 Å². The average Bonchev–Trinajstić information content (AvgIpc) is 3.71. The van der Waals surface area contributed by atoms with E-state index in [0.717, 1.165) is 41.6 Å². The van der Waals surface area contributed by atoms with Crippen LogP contribution in [0.15, 0.2) is 107 Å². The van der Waals surface area contributed by atoms with Gasteiger partial charge in [-0.25, -0.2) is 0 Å². The van der Waals surface area contributed by atoms with Gasteiger partial charge in [-0.15, -0.1) is 0 Å². The summed E-state index contributed by atoms with van der Waals surface area (Å²) in [5.41, 5.74) is 1.84. The molecule has 3 rings (SSSR count). The van der Waals surface area contributed by atoms with E-state index in [2.05, 4.69) is 91.0 Å². The molecule has 3 aliphatic rings. The van der Waals surface area contributed by atoms with Gasteiger partial charge in [0.1, 0.15) is 23.9 Å². The summed E-state index contributed by atoms with van der Waals surface area (Å²) in [6.45, 7) is 22.4. The standard InChI is InChI=1S/C50H74O7/c1-12-13-14-15-16-27-45(53)55-36-41(30-31-50-47(8,9)32-42(52)33-49(50,11)57-50)26-20-25-38(3)22-18-17-21-37(2)23-19-24-39(4)28-29-44-46(6,7)34-43(56-40(5)51)35-48(44,10)54/h17-26,28-31,42-44,52,54H,12-16,27,32-36H2,1-11H3/b18-17+,23-19+,25-20+,29-28?,31-30+,37-21+,38-22+,39-24+,41-26-/t42-,43-,44?,48+,49+,50-/m0/s1. The monoisotopic (exact) mass is 787 g/mol. The highest BCUT2D eigenvalue weighted by Crippen LogP contribution is 2.66. The second kappa shape index (κ2) is 20.9. The third-order valence-corrected chi connectivity index (χ3v) is 11.9. The molecule has 2 saturated carbocycles. The van der Waals surface area contributed by atoms with Crippen LogP contribution in [0.5, 0.6) is 0 Å². The van der Waals surface area contributed by atoms with E-state index in [1.54, 1.807) is 0 Å². The van der Waals surface area contributed by atoms with Crippen LogP contribution in [0, 0.1) is 16.7 Å². The van der Waals surface area contributed by atoms with Crippen LogP contribution in [-0.4, -0.2) is 57.8 Å². The molecule has 1 aliphatic heterocycles. The first-order valence-corrected chi connectivity index (χ1v) is 21.2. The molecule has 0 amide bonds. The summed E-state index contributed by atoms with van der Waals surface area (Å²) in [7, 11) is 0. The Kier molecular flexibility index (Phi) is 17.6. The van der Waals surface area contributed by atoms with E-state index in [-0.39, 0.29) is 47.5 Å². The lowest BCUT2D eigenvalue weighted by Gasteiger charge is -2.49. The molecule has 0 spiro atoms. The van der Waals surface area contributed by atoms with Crippen molar-refractivity contribution in [2.24, 2.45) is 16.7 Å². The van der Waals surface area contributed by atoms with Gasteiger partial charge in [0.05, 0.1) is 11.7 Å². The van der Waals surface area contributed by atoms with Gasteiger partial charge in [0, 0.05) is 37.5 Å². The van der Waals surface area contributed by atoms with Gasteiger partial charge in [-0.3, -0.25) is 9.59 Å². The highest BCUT2D eigenvalue weighted by molar-refractivity contribution is 5.69. The maximum absolute atomic E-state index is 12.6. The highest BCUT2D eigenvalue weighted by atomic mass is 16.6. The van der Waals surface area contributed by atoms with Crippen molar-refractivity contribution in [2.45, 2.75) is 169 Å². The zero-order valence-corrected chi connectivity index (χ0v) is 37.0. The first-order chi connectivity index (χ1) is 26.6. The average molecular weight is 787 g/mol. The number of unbranched alkanes of at least 4 members (excludes halogenated alkanes) is 4. The number of carbonyl (C=O) groups excluding carboxylic acids is 2. The van der Waals surface area contributed by atoms with E-state index in [4.69, 9.17) is 14.2 Å². The SMILES string of the molecule is CCCCCCCC(=O)OCC(=C\C=C\C(C)=C\C=C\C=C(C)\C=C\C=C(/C)C=CC1C(C)(C)C[C@H](OC(C)=O)C[C@@]1(C)O)/C=C/[C@@]12O[C@]1(C)C[C@@H](O)CC2(C)C. The van der Waals surface area contributed by atoms with Gasteiger partial charge in [-0.1, -0.05) is 156 Å². The van der Waals surface area contributed by atoms with E-state index in [1.807, 2.05) is 63.3 Å². The molecule has 0 aromatic heterocycles. The van der Waals surface area contributed by atoms with Crippen molar-refractivity contribution in [3.8, 4) is 0 Å². The number of hydrogen-bond acceptors (Lipinski definition) is 7. The lowest BCUT2D eigenvalue weighted by molar-refractivity contribution is -0.163. The molecular formula is C50H74O7. The smallest absolute Gasteiger partial charge is 0.306 e. The fourth-order valence-electron chi connectivity index (χ4n) is 9.07. The van der Waals surface area contributed by atoms with Gasteiger partial charge >= 0.3 is 11.9 Å². The van der Waals surface area contributed by atoms with E-state index in [1.165, 1.54) is 19.8 Å². The van der Waals surface area contributed by atoms with Crippen LogP contribution in [-0.2, 0) is 23.8 Å². The number of hydrogen-bond donors (Lipinski definition) is 2. The largest absolute Gasteiger partial charge is 0.462 e. The Bertz CT molecular complexity index is 1640. The van der Waals surface area contributed by atoms with Crippen molar-refractivity contribution < 1.29 is 34.0 Å². The molecule has 316 valence electrons. The molecule has 2 N–H and O–H groups in total. The Morgan fingerprint density at radius 3 is 1.93 bits per heavy atom. The van der Waals surface area contributed by atoms with Gasteiger partial charge in [0.25, 0.3) is 0 Å². The number of rotatable bonds is 19. The zero-order chi connectivity index (χ0) is 42.5. The Hall–Kier alpha value is -3.52.